The van der Waals surface area contributed by atoms with E-state index in [2.05, 4.69) is 6.92 Å². The van der Waals surface area contributed by atoms with Crippen LogP contribution in [0.25, 0.3) is 0 Å². The van der Waals surface area contributed by atoms with Crippen LogP contribution in [0.1, 0.15) is 64.7 Å². The number of unbranched alkanes of at least 4 members (excludes halogenated alkanes) is 5. The summed E-state index contributed by atoms with van der Waals surface area (Å²) in [5.41, 5.74) is 6.71. The minimum absolute atomic E-state index is 0.140. The predicted molar refractivity (Wildman–Crippen MR) is 66.3 cm³/mol. The second kappa shape index (κ2) is 11.4. The molecule has 0 saturated heterocycles. The van der Waals surface area contributed by atoms with Crippen molar-refractivity contribution in [2.75, 3.05) is 6.61 Å². The Labute approximate surface area is 104 Å². The van der Waals surface area contributed by atoms with Crippen molar-refractivity contribution in [1.82, 2.24) is 5.73 Å². The molecule has 0 rings (SSSR count). The van der Waals surface area contributed by atoms with E-state index in [9.17, 15) is 9.59 Å². The summed E-state index contributed by atoms with van der Waals surface area (Å²) in [6.45, 7) is 2.68. The molecule has 0 aromatic carbocycles. The predicted octanol–water partition coefficient (Wildman–Crippen LogP) is 2.87. The van der Waals surface area contributed by atoms with E-state index in [1.807, 2.05) is 0 Å². The van der Waals surface area contributed by atoms with Crippen molar-refractivity contribution < 1.29 is 14.3 Å². The number of rotatable bonds is 11. The third-order valence-electron chi connectivity index (χ3n) is 2.55. The first-order valence-electron chi connectivity index (χ1n) is 6.57. The lowest BCUT2D eigenvalue weighted by molar-refractivity contribution is -0.143. The van der Waals surface area contributed by atoms with Crippen molar-refractivity contribution in [3.8, 4) is 0 Å². The van der Waals surface area contributed by atoms with Crippen LogP contribution in [0.15, 0.2) is 0 Å². The highest BCUT2D eigenvalue weighted by molar-refractivity contribution is 5.72. The quantitative estimate of drug-likeness (QED) is 0.413. The average molecular weight is 242 g/mol. The van der Waals surface area contributed by atoms with Gasteiger partial charge < -0.3 is 4.74 Å². The topological polar surface area (TPSA) is 67.2 Å². The molecule has 0 saturated carbocycles. The average Bonchev–Trinajstić information content (AvgIpc) is 2.28. The second-order valence-corrected chi connectivity index (χ2v) is 4.26. The molecule has 1 radical (unpaired) electrons. The normalized spacial score (nSPS) is 10.2. The molecule has 0 atom stereocenters. The molecule has 0 aromatic heterocycles. The third-order valence-corrected chi connectivity index (χ3v) is 2.55. The Morgan fingerprint density at radius 2 is 1.59 bits per heavy atom. The molecule has 1 N–H and O–H groups in total. The summed E-state index contributed by atoms with van der Waals surface area (Å²) in [5, 5.41) is 0. The van der Waals surface area contributed by atoms with Gasteiger partial charge >= 0.3 is 5.97 Å². The van der Waals surface area contributed by atoms with Crippen LogP contribution < -0.4 is 5.73 Å². The van der Waals surface area contributed by atoms with Crippen LogP contribution in [0.4, 0.5) is 0 Å². The number of carbonyl (C=O) groups is 2. The van der Waals surface area contributed by atoms with Crippen LogP contribution >= 0.6 is 0 Å². The second-order valence-electron chi connectivity index (χ2n) is 4.26. The zero-order valence-electron chi connectivity index (χ0n) is 10.8. The molecule has 1 amide bonds. The number of hydrogen-bond donors (Lipinski definition) is 0. The minimum atomic E-state index is -0.525. The Balaban J connectivity index is 3.20. The number of esters is 1. The first-order chi connectivity index (χ1) is 8.16. The molecule has 0 aliphatic heterocycles. The summed E-state index contributed by atoms with van der Waals surface area (Å²) in [6.07, 6.45) is 7.44. The Hall–Kier alpha value is -1.06. The summed E-state index contributed by atoms with van der Waals surface area (Å²) in [7, 11) is 0. The zero-order chi connectivity index (χ0) is 12.9. The fourth-order valence-corrected chi connectivity index (χ4v) is 1.52. The van der Waals surface area contributed by atoms with E-state index >= 15 is 0 Å². The molecule has 0 aromatic rings. The molecule has 4 nitrogen and oxygen atoms in total. The summed E-state index contributed by atoms with van der Waals surface area (Å²) in [5.74, 6) is -0.665. The molecule has 99 valence electrons. The van der Waals surface area contributed by atoms with E-state index in [0.29, 0.717) is 25.9 Å². The summed E-state index contributed by atoms with van der Waals surface area (Å²) < 4.78 is 5.07. The Bertz CT molecular complexity index is 217. The maximum absolute atomic E-state index is 11.2. The Morgan fingerprint density at radius 3 is 2.24 bits per heavy atom. The van der Waals surface area contributed by atoms with Gasteiger partial charge in [0.1, 0.15) is 0 Å². The largest absolute Gasteiger partial charge is 0.466 e. The SMILES string of the molecule is CCCCCCOC(=O)CCCCCC([NH])=O. The van der Waals surface area contributed by atoms with Gasteiger partial charge in [-0.15, -0.1) is 0 Å². The van der Waals surface area contributed by atoms with Crippen LogP contribution in [0.3, 0.4) is 0 Å². The molecule has 4 heteroatoms. The van der Waals surface area contributed by atoms with Crippen LogP contribution in [0.5, 0.6) is 0 Å². The van der Waals surface area contributed by atoms with Crippen molar-refractivity contribution in [2.45, 2.75) is 64.7 Å². The summed E-state index contributed by atoms with van der Waals surface area (Å²) in [6, 6.07) is 0. The third kappa shape index (κ3) is 12.9. The molecule has 0 unspecified atom stereocenters. The lowest BCUT2D eigenvalue weighted by Crippen LogP contribution is -2.05. The monoisotopic (exact) mass is 242 g/mol. The first kappa shape index (κ1) is 15.9. The number of amides is 1. The van der Waals surface area contributed by atoms with Crippen LogP contribution in [0.2, 0.25) is 0 Å². The van der Waals surface area contributed by atoms with Crippen molar-refractivity contribution >= 4 is 11.9 Å². The molecule has 0 aliphatic rings. The lowest BCUT2D eigenvalue weighted by atomic mass is 10.1. The molecule has 0 bridgehead atoms. The fraction of sp³-hybridized carbons (Fsp3) is 0.846. The van der Waals surface area contributed by atoms with Gasteiger partial charge in [-0.3, -0.25) is 15.3 Å². The van der Waals surface area contributed by atoms with Gasteiger partial charge in [-0.25, -0.2) is 0 Å². The Kier molecular flexibility index (Phi) is 10.7. The highest BCUT2D eigenvalue weighted by atomic mass is 16.5. The van der Waals surface area contributed by atoms with E-state index in [-0.39, 0.29) is 5.97 Å². The number of ether oxygens (including phenoxy) is 1. The van der Waals surface area contributed by atoms with Crippen molar-refractivity contribution in [3.05, 3.63) is 0 Å². The lowest BCUT2D eigenvalue weighted by Gasteiger charge is -2.04. The van der Waals surface area contributed by atoms with Gasteiger partial charge in [0.05, 0.1) is 6.61 Å². The van der Waals surface area contributed by atoms with Crippen LogP contribution in [-0.4, -0.2) is 18.5 Å². The van der Waals surface area contributed by atoms with Gasteiger partial charge in [-0.1, -0.05) is 32.6 Å². The maximum atomic E-state index is 11.2. The highest BCUT2D eigenvalue weighted by Gasteiger charge is 2.02. The van der Waals surface area contributed by atoms with Gasteiger partial charge in [0, 0.05) is 12.8 Å². The van der Waals surface area contributed by atoms with E-state index < -0.39 is 5.91 Å². The Morgan fingerprint density at radius 1 is 0.941 bits per heavy atom. The van der Waals surface area contributed by atoms with Crippen LogP contribution in [0, 0.1) is 0 Å². The van der Waals surface area contributed by atoms with E-state index in [1.54, 1.807) is 0 Å². The molecule has 0 spiro atoms. The molecule has 17 heavy (non-hydrogen) atoms. The first-order valence-corrected chi connectivity index (χ1v) is 6.57. The number of carbonyl (C=O) groups excluding carboxylic acids is 2. The molecular weight excluding hydrogens is 218 g/mol. The van der Waals surface area contributed by atoms with E-state index in [4.69, 9.17) is 10.5 Å². The van der Waals surface area contributed by atoms with Gasteiger partial charge in [-0.05, 0) is 19.3 Å². The molecular formula is C13H24NO3. The zero-order valence-corrected chi connectivity index (χ0v) is 10.8. The number of hydrogen-bond acceptors (Lipinski definition) is 3. The molecule has 0 aliphatic carbocycles. The van der Waals surface area contributed by atoms with Crippen LogP contribution in [-0.2, 0) is 14.3 Å². The highest BCUT2D eigenvalue weighted by Crippen LogP contribution is 2.05. The van der Waals surface area contributed by atoms with E-state index in [0.717, 1.165) is 25.7 Å². The van der Waals surface area contributed by atoms with Gasteiger partial charge in [0.2, 0.25) is 5.91 Å². The van der Waals surface area contributed by atoms with Crippen molar-refractivity contribution in [2.24, 2.45) is 0 Å². The summed E-state index contributed by atoms with van der Waals surface area (Å²) >= 11 is 0. The number of nitrogens with one attached hydrogen (secondary N) is 1. The fourth-order valence-electron chi connectivity index (χ4n) is 1.52. The molecule has 0 fully saturated rings. The smallest absolute Gasteiger partial charge is 0.305 e. The van der Waals surface area contributed by atoms with Crippen molar-refractivity contribution in [1.29, 1.82) is 0 Å². The van der Waals surface area contributed by atoms with E-state index in [1.165, 1.54) is 12.8 Å². The maximum Gasteiger partial charge on any atom is 0.305 e. The minimum Gasteiger partial charge on any atom is -0.466 e. The van der Waals surface area contributed by atoms with Gasteiger partial charge in [0.25, 0.3) is 0 Å². The summed E-state index contributed by atoms with van der Waals surface area (Å²) in [4.78, 5) is 21.6. The van der Waals surface area contributed by atoms with Gasteiger partial charge in [0.15, 0.2) is 0 Å². The standard InChI is InChI=1S/C13H24NO3/c1-2-3-4-8-11-17-13(16)10-7-5-6-9-12(14)15/h14H,2-11H2,1H3. The van der Waals surface area contributed by atoms with Gasteiger partial charge in [-0.2, -0.15) is 0 Å². The molecule has 0 heterocycles. The van der Waals surface area contributed by atoms with Crippen molar-refractivity contribution in [3.63, 3.8) is 0 Å².